The standard InChI is InChI=1S/C15H19N3O2/c1-2-14-17-15(20-18-14)10-19-13-7-3-11(4-8-13)9-16-12-5-6-12/h3-4,7-8,12,16H,2,5-6,9-10H2,1H3. The van der Waals surface area contributed by atoms with Crippen LogP contribution in [-0.4, -0.2) is 16.2 Å². The minimum Gasteiger partial charge on any atom is -0.484 e. The van der Waals surface area contributed by atoms with Crippen molar-refractivity contribution in [2.24, 2.45) is 0 Å². The Balaban J connectivity index is 1.49. The first kappa shape index (κ1) is 13.1. The van der Waals surface area contributed by atoms with E-state index in [0.29, 0.717) is 18.3 Å². The second-order valence-corrected chi connectivity index (χ2v) is 5.05. The van der Waals surface area contributed by atoms with E-state index in [0.717, 1.165) is 24.8 Å². The minimum atomic E-state index is 0.312. The van der Waals surface area contributed by atoms with E-state index in [4.69, 9.17) is 9.26 Å². The van der Waals surface area contributed by atoms with Crippen LogP contribution in [0, 0.1) is 0 Å². The summed E-state index contributed by atoms with van der Waals surface area (Å²) in [5.74, 6) is 2.04. The molecular formula is C15H19N3O2. The molecule has 1 aliphatic carbocycles. The van der Waals surface area contributed by atoms with Crippen LogP contribution < -0.4 is 10.1 Å². The van der Waals surface area contributed by atoms with Crippen molar-refractivity contribution < 1.29 is 9.26 Å². The van der Waals surface area contributed by atoms with Crippen LogP contribution in [-0.2, 0) is 19.6 Å². The predicted octanol–water partition coefficient (Wildman–Crippen LogP) is 2.46. The topological polar surface area (TPSA) is 60.2 Å². The van der Waals surface area contributed by atoms with E-state index in [-0.39, 0.29) is 0 Å². The third kappa shape index (κ3) is 3.57. The summed E-state index contributed by atoms with van der Waals surface area (Å²) < 4.78 is 10.7. The second kappa shape index (κ2) is 6.05. The Morgan fingerprint density at radius 2 is 2.10 bits per heavy atom. The number of nitrogens with zero attached hydrogens (tertiary/aromatic N) is 2. The fourth-order valence-corrected chi connectivity index (χ4v) is 1.89. The SMILES string of the molecule is CCc1noc(COc2ccc(CNC3CC3)cc2)n1. The van der Waals surface area contributed by atoms with Gasteiger partial charge < -0.3 is 14.6 Å². The second-order valence-electron chi connectivity index (χ2n) is 5.05. The molecule has 1 aromatic heterocycles. The molecule has 0 bridgehead atoms. The smallest absolute Gasteiger partial charge is 0.264 e. The predicted molar refractivity (Wildman–Crippen MR) is 74.3 cm³/mol. The van der Waals surface area contributed by atoms with Crippen LogP contribution in [0.25, 0.3) is 0 Å². The third-order valence-corrected chi connectivity index (χ3v) is 3.28. The van der Waals surface area contributed by atoms with Crippen molar-refractivity contribution in [2.75, 3.05) is 0 Å². The van der Waals surface area contributed by atoms with Crippen molar-refractivity contribution in [1.29, 1.82) is 0 Å². The molecule has 5 nitrogen and oxygen atoms in total. The summed E-state index contributed by atoms with van der Waals surface area (Å²) in [6.07, 6.45) is 3.39. The third-order valence-electron chi connectivity index (χ3n) is 3.28. The molecule has 1 aliphatic rings. The van der Waals surface area contributed by atoms with E-state index in [1.165, 1.54) is 18.4 Å². The largest absolute Gasteiger partial charge is 0.484 e. The van der Waals surface area contributed by atoms with Gasteiger partial charge in [0.15, 0.2) is 12.4 Å². The fraction of sp³-hybridized carbons (Fsp3) is 0.467. The molecule has 1 heterocycles. The molecule has 0 amide bonds. The molecule has 20 heavy (non-hydrogen) atoms. The lowest BCUT2D eigenvalue weighted by molar-refractivity contribution is 0.242. The van der Waals surface area contributed by atoms with Gasteiger partial charge in [0.05, 0.1) is 0 Å². The van der Waals surface area contributed by atoms with Crippen molar-refractivity contribution in [3.63, 3.8) is 0 Å². The molecule has 2 aromatic rings. The Morgan fingerprint density at radius 1 is 1.30 bits per heavy atom. The van der Waals surface area contributed by atoms with Gasteiger partial charge in [-0.15, -0.1) is 0 Å². The summed E-state index contributed by atoms with van der Waals surface area (Å²) in [7, 11) is 0. The Labute approximate surface area is 118 Å². The normalized spacial score (nSPS) is 14.4. The number of aryl methyl sites for hydroxylation is 1. The number of hydrogen-bond donors (Lipinski definition) is 1. The zero-order valence-corrected chi connectivity index (χ0v) is 11.6. The number of benzene rings is 1. The Morgan fingerprint density at radius 3 is 2.75 bits per heavy atom. The van der Waals surface area contributed by atoms with Crippen molar-refractivity contribution in [2.45, 2.75) is 45.4 Å². The van der Waals surface area contributed by atoms with Gasteiger partial charge in [0.1, 0.15) is 5.75 Å². The molecule has 5 heteroatoms. The highest BCUT2D eigenvalue weighted by Gasteiger charge is 2.19. The molecule has 1 fully saturated rings. The number of rotatable bonds is 7. The van der Waals surface area contributed by atoms with Crippen LogP contribution in [0.1, 0.15) is 37.0 Å². The van der Waals surface area contributed by atoms with Gasteiger partial charge >= 0.3 is 0 Å². The van der Waals surface area contributed by atoms with Gasteiger partial charge in [0.25, 0.3) is 5.89 Å². The zero-order chi connectivity index (χ0) is 13.8. The fourth-order valence-electron chi connectivity index (χ4n) is 1.89. The minimum absolute atomic E-state index is 0.312. The molecule has 1 aromatic carbocycles. The van der Waals surface area contributed by atoms with Gasteiger partial charge in [-0.25, -0.2) is 0 Å². The molecule has 0 saturated heterocycles. The van der Waals surface area contributed by atoms with Crippen molar-refractivity contribution in [3.8, 4) is 5.75 Å². The lowest BCUT2D eigenvalue weighted by Gasteiger charge is -2.06. The molecule has 1 N–H and O–H groups in total. The monoisotopic (exact) mass is 273 g/mol. The highest BCUT2D eigenvalue weighted by atomic mass is 16.5. The average molecular weight is 273 g/mol. The Kier molecular flexibility index (Phi) is 3.97. The van der Waals surface area contributed by atoms with Gasteiger partial charge in [-0.2, -0.15) is 4.98 Å². The Hall–Kier alpha value is -1.88. The van der Waals surface area contributed by atoms with E-state index in [1.807, 2.05) is 19.1 Å². The zero-order valence-electron chi connectivity index (χ0n) is 11.6. The lowest BCUT2D eigenvalue weighted by atomic mass is 10.2. The molecule has 3 rings (SSSR count). The number of aromatic nitrogens is 2. The van der Waals surface area contributed by atoms with Gasteiger partial charge in [-0.3, -0.25) is 0 Å². The van der Waals surface area contributed by atoms with Crippen molar-refractivity contribution >= 4 is 0 Å². The van der Waals surface area contributed by atoms with Crippen LogP contribution in [0.3, 0.4) is 0 Å². The summed E-state index contributed by atoms with van der Waals surface area (Å²) in [6.45, 7) is 3.23. The van der Waals surface area contributed by atoms with Crippen molar-refractivity contribution in [1.82, 2.24) is 15.5 Å². The van der Waals surface area contributed by atoms with Crippen LogP contribution in [0.15, 0.2) is 28.8 Å². The highest BCUT2D eigenvalue weighted by Crippen LogP contribution is 2.20. The molecule has 106 valence electrons. The molecule has 0 unspecified atom stereocenters. The molecule has 0 aliphatic heterocycles. The van der Waals surface area contributed by atoms with Gasteiger partial charge in [-0.05, 0) is 30.5 Å². The molecular weight excluding hydrogens is 254 g/mol. The van der Waals surface area contributed by atoms with Crippen LogP contribution in [0.4, 0.5) is 0 Å². The first-order valence-electron chi connectivity index (χ1n) is 7.10. The molecule has 1 saturated carbocycles. The molecule has 0 atom stereocenters. The summed E-state index contributed by atoms with van der Waals surface area (Å²) >= 11 is 0. The van der Waals surface area contributed by atoms with E-state index in [1.54, 1.807) is 0 Å². The van der Waals surface area contributed by atoms with E-state index < -0.39 is 0 Å². The average Bonchev–Trinajstić information content (AvgIpc) is 3.21. The highest BCUT2D eigenvalue weighted by molar-refractivity contribution is 5.27. The van der Waals surface area contributed by atoms with E-state index in [9.17, 15) is 0 Å². The van der Waals surface area contributed by atoms with Gasteiger partial charge in [-0.1, -0.05) is 24.2 Å². The quantitative estimate of drug-likeness (QED) is 0.839. The molecule has 0 spiro atoms. The summed E-state index contributed by atoms with van der Waals surface area (Å²) in [6, 6.07) is 8.84. The first-order valence-corrected chi connectivity index (χ1v) is 7.10. The summed E-state index contributed by atoms with van der Waals surface area (Å²) in [4.78, 5) is 4.20. The number of ether oxygens (including phenoxy) is 1. The summed E-state index contributed by atoms with van der Waals surface area (Å²) in [5, 5.41) is 7.32. The van der Waals surface area contributed by atoms with Crippen LogP contribution in [0.2, 0.25) is 0 Å². The Bertz CT molecular complexity index is 547. The van der Waals surface area contributed by atoms with Gasteiger partial charge in [0.2, 0.25) is 0 Å². The number of nitrogens with one attached hydrogen (secondary N) is 1. The lowest BCUT2D eigenvalue weighted by Crippen LogP contribution is -2.15. The van der Waals surface area contributed by atoms with E-state index in [2.05, 4.69) is 27.6 Å². The van der Waals surface area contributed by atoms with Crippen LogP contribution in [0.5, 0.6) is 5.75 Å². The summed E-state index contributed by atoms with van der Waals surface area (Å²) in [5.41, 5.74) is 1.27. The maximum atomic E-state index is 5.63. The first-order chi connectivity index (χ1) is 9.83. The van der Waals surface area contributed by atoms with Crippen molar-refractivity contribution in [3.05, 3.63) is 41.5 Å². The maximum Gasteiger partial charge on any atom is 0.264 e. The van der Waals surface area contributed by atoms with Gasteiger partial charge in [0, 0.05) is 19.0 Å². The van der Waals surface area contributed by atoms with E-state index >= 15 is 0 Å². The number of hydrogen-bond acceptors (Lipinski definition) is 5. The maximum absolute atomic E-state index is 5.63. The molecule has 0 radical (unpaired) electrons. The van der Waals surface area contributed by atoms with Crippen LogP contribution >= 0.6 is 0 Å².